The van der Waals surface area contributed by atoms with Crippen molar-refractivity contribution < 1.29 is 9.53 Å². The van der Waals surface area contributed by atoms with E-state index in [4.69, 9.17) is 4.74 Å². The van der Waals surface area contributed by atoms with E-state index in [9.17, 15) is 4.79 Å². The predicted molar refractivity (Wildman–Crippen MR) is 119 cm³/mol. The molecule has 0 radical (unpaired) electrons. The summed E-state index contributed by atoms with van der Waals surface area (Å²) < 4.78 is 5.36. The smallest absolute Gasteiger partial charge is 0.333 e. The van der Waals surface area contributed by atoms with Crippen molar-refractivity contribution in [3.63, 3.8) is 0 Å². The lowest BCUT2D eigenvalue weighted by atomic mass is 10.0. The van der Waals surface area contributed by atoms with Crippen LogP contribution in [0.1, 0.15) is 136 Å². The topological polar surface area (TPSA) is 26.3 Å². The van der Waals surface area contributed by atoms with Crippen LogP contribution in [0.4, 0.5) is 0 Å². The van der Waals surface area contributed by atoms with E-state index >= 15 is 0 Å². The lowest BCUT2D eigenvalue weighted by molar-refractivity contribution is -0.139. The molecule has 2 nitrogen and oxygen atoms in total. The third kappa shape index (κ3) is 19.8. The van der Waals surface area contributed by atoms with Gasteiger partial charge in [0, 0.05) is 5.57 Å². The molecular formula is C25H48O2. The highest BCUT2D eigenvalue weighted by Crippen LogP contribution is 2.13. The van der Waals surface area contributed by atoms with E-state index in [2.05, 4.69) is 19.9 Å². The lowest BCUT2D eigenvalue weighted by Gasteiger charge is -2.05. The van der Waals surface area contributed by atoms with Gasteiger partial charge in [0.2, 0.25) is 0 Å². The number of hydrogen-bond donors (Lipinski definition) is 0. The maximum Gasteiger partial charge on any atom is 0.333 e. The molecule has 0 bridgehead atoms. The van der Waals surface area contributed by atoms with Gasteiger partial charge in [-0.25, -0.2) is 4.79 Å². The van der Waals surface area contributed by atoms with Gasteiger partial charge in [0.05, 0.1) is 6.61 Å². The fourth-order valence-electron chi connectivity index (χ4n) is 3.37. The Morgan fingerprint density at radius 3 is 1.52 bits per heavy atom. The molecule has 0 aliphatic rings. The molecule has 0 atom stereocenters. The van der Waals surface area contributed by atoms with Crippen molar-refractivity contribution in [3.8, 4) is 0 Å². The van der Waals surface area contributed by atoms with E-state index in [0.29, 0.717) is 6.61 Å². The average Bonchev–Trinajstić information content (AvgIpc) is 2.67. The van der Waals surface area contributed by atoms with Crippen LogP contribution in [0.15, 0.2) is 11.6 Å². The minimum Gasteiger partial charge on any atom is -0.462 e. The summed E-state index contributed by atoms with van der Waals surface area (Å²) in [4.78, 5) is 11.9. The average molecular weight is 381 g/mol. The Kier molecular flexibility index (Phi) is 20.9. The Morgan fingerprint density at radius 2 is 1.04 bits per heavy atom. The maximum absolute atomic E-state index is 11.9. The van der Waals surface area contributed by atoms with Gasteiger partial charge in [0.15, 0.2) is 0 Å². The van der Waals surface area contributed by atoms with Gasteiger partial charge in [-0.3, -0.25) is 0 Å². The van der Waals surface area contributed by atoms with Crippen LogP contribution < -0.4 is 0 Å². The molecule has 0 N–H and O–H groups in total. The molecule has 0 aromatic carbocycles. The Hall–Kier alpha value is -0.790. The summed E-state index contributed by atoms with van der Waals surface area (Å²) >= 11 is 0. The molecular weight excluding hydrogens is 332 g/mol. The molecule has 0 amide bonds. The Bertz CT molecular complexity index is 346. The minimum absolute atomic E-state index is 0.119. The number of ether oxygens (including phenoxy) is 1. The van der Waals surface area contributed by atoms with Crippen LogP contribution in [0.3, 0.4) is 0 Å². The fourth-order valence-corrected chi connectivity index (χ4v) is 3.37. The summed E-state index contributed by atoms with van der Waals surface area (Å²) in [6.45, 7) is 6.97. The second-order valence-corrected chi connectivity index (χ2v) is 8.12. The van der Waals surface area contributed by atoms with Gasteiger partial charge < -0.3 is 4.74 Å². The zero-order chi connectivity index (χ0) is 20.0. The van der Waals surface area contributed by atoms with Crippen LogP contribution in [-0.4, -0.2) is 12.6 Å². The number of hydrogen-bond acceptors (Lipinski definition) is 2. The first-order valence-electron chi connectivity index (χ1n) is 12.1. The van der Waals surface area contributed by atoms with Gasteiger partial charge in [0.1, 0.15) is 0 Å². The van der Waals surface area contributed by atoms with Gasteiger partial charge in [-0.05, 0) is 26.2 Å². The SMILES string of the molecule is CCCCCCCCCCCCCC=C(C)C(=O)OCCCCCCCC. The third-order valence-corrected chi connectivity index (χ3v) is 5.31. The monoisotopic (exact) mass is 380 g/mol. The van der Waals surface area contributed by atoms with Crippen molar-refractivity contribution in [2.75, 3.05) is 6.61 Å². The summed E-state index contributed by atoms with van der Waals surface area (Å²) in [6, 6.07) is 0. The summed E-state index contributed by atoms with van der Waals surface area (Å²) in [5.74, 6) is -0.119. The standard InChI is InChI=1S/C25H48O2/c1-4-6-8-10-12-13-14-15-16-17-18-20-22-24(3)25(26)27-23-21-19-11-9-7-5-2/h22H,4-21,23H2,1-3H3. The second kappa shape index (κ2) is 21.5. The molecule has 0 spiro atoms. The Morgan fingerprint density at radius 1 is 0.630 bits per heavy atom. The van der Waals surface area contributed by atoms with Crippen LogP contribution in [-0.2, 0) is 9.53 Å². The highest BCUT2D eigenvalue weighted by molar-refractivity contribution is 5.87. The van der Waals surface area contributed by atoms with Crippen molar-refractivity contribution in [3.05, 3.63) is 11.6 Å². The zero-order valence-corrected chi connectivity index (χ0v) is 18.8. The van der Waals surface area contributed by atoms with Gasteiger partial charge >= 0.3 is 5.97 Å². The number of carbonyl (C=O) groups excluding carboxylic acids is 1. The predicted octanol–water partition coefficient (Wildman–Crippen LogP) is 8.54. The molecule has 0 heterocycles. The summed E-state index contributed by atoms with van der Waals surface area (Å²) in [5, 5.41) is 0. The number of carbonyl (C=O) groups is 1. The van der Waals surface area contributed by atoms with E-state index in [1.165, 1.54) is 103 Å². The van der Waals surface area contributed by atoms with Crippen molar-refractivity contribution >= 4 is 5.97 Å². The van der Waals surface area contributed by atoms with Crippen LogP contribution in [0.2, 0.25) is 0 Å². The largest absolute Gasteiger partial charge is 0.462 e. The maximum atomic E-state index is 11.9. The molecule has 0 aromatic rings. The molecule has 0 saturated carbocycles. The van der Waals surface area contributed by atoms with Gasteiger partial charge in [-0.15, -0.1) is 0 Å². The first-order valence-corrected chi connectivity index (χ1v) is 12.1. The van der Waals surface area contributed by atoms with Gasteiger partial charge in [-0.2, -0.15) is 0 Å². The third-order valence-electron chi connectivity index (χ3n) is 5.31. The normalized spacial score (nSPS) is 11.7. The first-order chi connectivity index (χ1) is 13.2. The Balaban J connectivity index is 3.42. The summed E-state index contributed by atoms with van der Waals surface area (Å²) in [6.07, 6.45) is 25.4. The number of rotatable bonds is 20. The quantitative estimate of drug-likeness (QED) is 0.120. The fraction of sp³-hybridized carbons (Fsp3) is 0.880. The lowest BCUT2D eigenvalue weighted by Crippen LogP contribution is -2.07. The molecule has 0 aromatic heterocycles. The van der Waals surface area contributed by atoms with Crippen LogP contribution >= 0.6 is 0 Å². The van der Waals surface area contributed by atoms with E-state index in [1.54, 1.807) is 0 Å². The minimum atomic E-state index is -0.119. The molecule has 0 rings (SSSR count). The Labute approximate surface area is 170 Å². The number of allylic oxidation sites excluding steroid dienone is 1. The first kappa shape index (κ1) is 26.2. The van der Waals surface area contributed by atoms with Crippen molar-refractivity contribution in [2.45, 2.75) is 136 Å². The van der Waals surface area contributed by atoms with Gasteiger partial charge in [-0.1, -0.05) is 116 Å². The molecule has 0 aliphatic carbocycles. The summed E-state index contributed by atoms with van der Waals surface area (Å²) in [7, 11) is 0. The second-order valence-electron chi connectivity index (χ2n) is 8.12. The van der Waals surface area contributed by atoms with Crippen LogP contribution in [0.5, 0.6) is 0 Å². The van der Waals surface area contributed by atoms with E-state index in [1.807, 2.05) is 6.92 Å². The molecule has 27 heavy (non-hydrogen) atoms. The molecule has 0 fully saturated rings. The highest BCUT2D eigenvalue weighted by atomic mass is 16.5. The van der Waals surface area contributed by atoms with E-state index in [0.717, 1.165) is 18.4 Å². The van der Waals surface area contributed by atoms with Crippen LogP contribution in [0.25, 0.3) is 0 Å². The molecule has 0 unspecified atom stereocenters. The van der Waals surface area contributed by atoms with E-state index < -0.39 is 0 Å². The van der Waals surface area contributed by atoms with Crippen molar-refractivity contribution in [1.82, 2.24) is 0 Å². The molecule has 160 valence electrons. The highest BCUT2D eigenvalue weighted by Gasteiger charge is 2.04. The zero-order valence-electron chi connectivity index (χ0n) is 18.8. The van der Waals surface area contributed by atoms with Crippen molar-refractivity contribution in [2.24, 2.45) is 0 Å². The number of unbranched alkanes of at least 4 members (excludes halogenated alkanes) is 16. The van der Waals surface area contributed by atoms with Gasteiger partial charge in [0.25, 0.3) is 0 Å². The summed E-state index contributed by atoms with van der Waals surface area (Å²) in [5.41, 5.74) is 0.785. The van der Waals surface area contributed by atoms with E-state index in [-0.39, 0.29) is 5.97 Å². The van der Waals surface area contributed by atoms with Crippen molar-refractivity contribution in [1.29, 1.82) is 0 Å². The molecule has 2 heteroatoms. The van der Waals surface area contributed by atoms with Crippen LogP contribution in [0, 0.1) is 0 Å². The molecule has 0 aliphatic heterocycles. The molecule has 0 saturated heterocycles. The number of esters is 1.